The first-order valence-corrected chi connectivity index (χ1v) is 9.40. The van der Waals surface area contributed by atoms with E-state index < -0.39 is 35.1 Å². The number of nitrogens with zero attached hydrogens (tertiary/aromatic N) is 2. The first kappa shape index (κ1) is 17.8. The standard InChI is InChI=1S/C21H18FN3O4/c22-14-5-7-15(8-6-14)25-19(27)21(18(26)23-20(25)28)11-13-3-1-2-4-16(13)24-9-10-29-12-17(21)24/h1-8,17H,9-12H2,(H,23,26,28)/t17-,21+/m0/s1. The second-order valence-corrected chi connectivity index (χ2v) is 7.44. The van der Waals surface area contributed by atoms with Crippen LogP contribution in [0.4, 0.5) is 20.6 Å². The van der Waals surface area contributed by atoms with Crippen LogP contribution >= 0.6 is 0 Å². The Hall–Kier alpha value is -3.26. The van der Waals surface area contributed by atoms with Gasteiger partial charge < -0.3 is 9.64 Å². The van der Waals surface area contributed by atoms with Crippen molar-refractivity contribution in [1.29, 1.82) is 0 Å². The monoisotopic (exact) mass is 395 g/mol. The molecule has 2 aromatic carbocycles. The lowest BCUT2D eigenvalue weighted by atomic mass is 9.68. The number of benzene rings is 2. The Balaban J connectivity index is 1.66. The van der Waals surface area contributed by atoms with E-state index in [0.717, 1.165) is 16.2 Å². The zero-order valence-electron chi connectivity index (χ0n) is 15.4. The summed E-state index contributed by atoms with van der Waals surface area (Å²) in [6.45, 7) is 1.21. The number of fused-ring (bicyclic) bond motifs is 4. The molecule has 1 spiro atoms. The Labute approximate surface area is 166 Å². The molecule has 29 heavy (non-hydrogen) atoms. The van der Waals surface area contributed by atoms with Gasteiger partial charge in [0.15, 0.2) is 5.41 Å². The van der Waals surface area contributed by atoms with Gasteiger partial charge >= 0.3 is 6.03 Å². The maximum atomic E-state index is 13.7. The number of barbiturate groups is 1. The largest absolute Gasteiger partial charge is 0.377 e. The van der Waals surface area contributed by atoms with Crippen molar-refractivity contribution in [2.45, 2.75) is 12.5 Å². The Morgan fingerprint density at radius 3 is 2.62 bits per heavy atom. The average Bonchev–Trinajstić information content (AvgIpc) is 2.73. The van der Waals surface area contributed by atoms with Gasteiger partial charge in [-0.2, -0.15) is 0 Å². The molecule has 2 atom stereocenters. The molecular formula is C21H18FN3O4. The van der Waals surface area contributed by atoms with E-state index in [1.165, 1.54) is 24.3 Å². The molecule has 3 aliphatic heterocycles. The van der Waals surface area contributed by atoms with E-state index in [9.17, 15) is 18.8 Å². The SMILES string of the molecule is O=C1NC(=O)[C@]2(Cc3ccccc3N3CCOC[C@H]32)C(=O)N1c1ccc(F)cc1. The van der Waals surface area contributed by atoms with E-state index in [1.54, 1.807) is 0 Å². The summed E-state index contributed by atoms with van der Waals surface area (Å²) in [5, 5.41) is 2.35. The smallest absolute Gasteiger partial charge is 0.335 e. The number of halogens is 1. The number of para-hydroxylation sites is 1. The van der Waals surface area contributed by atoms with Gasteiger partial charge in [0.05, 0.1) is 24.9 Å². The molecule has 2 fully saturated rings. The van der Waals surface area contributed by atoms with Gasteiger partial charge in [-0.25, -0.2) is 14.1 Å². The van der Waals surface area contributed by atoms with Crippen molar-refractivity contribution in [1.82, 2.24) is 5.32 Å². The summed E-state index contributed by atoms with van der Waals surface area (Å²) >= 11 is 0. The van der Waals surface area contributed by atoms with Crippen LogP contribution < -0.4 is 15.1 Å². The highest BCUT2D eigenvalue weighted by Gasteiger charge is 2.62. The van der Waals surface area contributed by atoms with E-state index in [0.29, 0.717) is 13.2 Å². The van der Waals surface area contributed by atoms with Crippen molar-refractivity contribution in [2.75, 3.05) is 29.6 Å². The average molecular weight is 395 g/mol. The summed E-state index contributed by atoms with van der Waals surface area (Å²) < 4.78 is 19.0. The van der Waals surface area contributed by atoms with Gasteiger partial charge in [-0.15, -0.1) is 0 Å². The first-order valence-electron chi connectivity index (χ1n) is 9.40. The third-order valence-electron chi connectivity index (χ3n) is 5.97. The minimum atomic E-state index is -1.52. The highest BCUT2D eigenvalue weighted by Crippen LogP contribution is 2.45. The summed E-state index contributed by atoms with van der Waals surface area (Å²) in [7, 11) is 0. The lowest BCUT2D eigenvalue weighted by molar-refractivity contribution is -0.146. The highest BCUT2D eigenvalue weighted by molar-refractivity contribution is 6.30. The highest BCUT2D eigenvalue weighted by atomic mass is 19.1. The van der Waals surface area contributed by atoms with Crippen molar-refractivity contribution in [3.8, 4) is 0 Å². The molecule has 2 saturated heterocycles. The number of nitrogens with one attached hydrogen (secondary N) is 1. The van der Waals surface area contributed by atoms with Crippen molar-refractivity contribution in [3.05, 3.63) is 59.9 Å². The number of morpholine rings is 1. The summed E-state index contributed by atoms with van der Waals surface area (Å²) in [5.41, 5.74) is 0.527. The molecule has 3 aliphatic rings. The fourth-order valence-corrected chi connectivity index (χ4v) is 4.59. The second-order valence-electron chi connectivity index (χ2n) is 7.44. The zero-order valence-corrected chi connectivity index (χ0v) is 15.4. The number of anilines is 2. The Morgan fingerprint density at radius 2 is 1.83 bits per heavy atom. The Morgan fingerprint density at radius 1 is 1.07 bits per heavy atom. The van der Waals surface area contributed by atoms with E-state index in [2.05, 4.69) is 5.32 Å². The summed E-state index contributed by atoms with van der Waals surface area (Å²) in [6.07, 6.45) is 0.156. The maximum absolute atomic E-state index is 13.7. The quantitative estimate of drug-likeness (QED) is 0.746. The minimum absolute atomic E-state index is 0.156. The molecule has 0 aromatic heterocycles. The van der Waals surface area contributed by atoms with Crippen LogP contribution in [0.5, 0.6) is 0 Å². The van der Waals surface area contributed by atoms with Crippen molar-refractivity contribution in [3.63, 3.8) is 0 Å². The molecule has 0 aliphatic carbocycles. The van der Waals surface area contributed by atoms with Gasteiger partial charge in [0.25, 0.3) is 5.91 Å². The predicted molar refractivity (Wildman–Crippen MR) is 102 cm³/mol. The second kappa shape index (κ2) is 6.38. The van der Waals surface area contributed by atoms with Crippen LogP contribution in [-0.4, -0.2) is 43.6 Å². The van der Waals surface area contributed by atoms with Crippen molar-refractivity contribution in [2.24, 2.45) is 5.41 Å². The molecule has 5 rings (SSSR count). The van der Waals surface area contributed by atoms with Crippen molar-refractivity contribution >= 4 is 29.2 Å². The third-order valence-corrected chi connectivity index (χ3v) is 5.97. The third kappa shape index (κ3) is 2.49. The fraction of sp³-hybridized carbons (Fsp3) is 0.286. The van der Waals surface area contributed by atoms with Crippen molar-refractivity contribution < 1.29 is 23.5 Å². The van der Waals surface area contributed by atoms with Crippen LogP contribution in [0.3, 0.4) is 0 Å². The molecule has 4 amide bonds. The van der Waals surface area contributed by atoms with Gasteiger partial charge in [0.1, 0.15) is 5.82 Å². The number of hydrogen-bond acceptors (Lipinski definition) is 5. The molecule has 3 heterocycles. The zero-order chi connectivity index (χ0) is 20.2. The molecule has 2 aromatic rings. The minimum Gasteiger partial charge on any atom is -0.377 e. The van der Waals surface area contributed by atoms with Crippen LogP contribution in [0, 0.1) is 11.2 Å². The molecule has 0 radical (unpaired) electrons. The topological polar surface area (TPSA) is 79.0 Å². The van der Waals surface area contributed by atoms with Gasteiger partial charge in [0.2, 0.25) is 5.91 Å². The number of ether oxygens (including phenoxy) is 1. The summed E-state index contributed by atoms with van der Waals surface area (Å²) in [4.78, 5) is 42.4. The van der Waals surface area contributed by atoms with Gasteiger partial charge in [-0.3, -0.25) is 14.9 Å². The molecule has 0 saturated carbocycles. The number of hydrogen-bond donors (Lipinski definition) is 1. The van der Waals surface area contributed by atoms with Gasteiger partial charge in [-0.1, -0.05) is 18.2 Å². The van der Waals surface area contributed by atoms with E-state index in [-0.39, 0.29) is 18.7 Å². The van der Waals surface area contributed by atoms with Crippen LogP contribution in [0.15, 0.2) is 48.5 Å². The molecule has 8 heteroatoms. The van der Waals surface area contributed by atoms with E-state index in [4.69, 9.17) is 4.74 Å². The van der Waals surface area contributed by atoms with Gasteiger partial charge in [0, 0.05) is 12.2 Å². The molecule has 148 valence electrons. The number of imide groups is 2. The van der Waals surface area contributed by atoms with E-state index >= 15 is 0 Å². The fourth-order valence-electron chi connectivity index (χ4n) is 4.59. The number of carbonyl (C=O) groups is 3. The molecular weight excluding hydrogens is 377 g/mol. The molecule has 7 nitrogen and oxygen atoms in total. The number of carbonyl (C=O) groups excluding carboxylic acids is 3. The lowest BCUT2D eigenvalue weighted by Gasteiger charge is -2.53. The van der Waals surface area contributed by atoms with Crippen LogP contribution in [0.1, 0.15) is 5.56 Å². The van der Waals surface area contributed by atoms with Crippen LogP contribution in [0.2, 0.25) is 0 Å². The Bertz CT molecular complexity index is 1020. The normalized spacial score (nSPS) is 26.2. The maximum Gasteiger partial charge on any atom is 0.335 e. The first-order chi connectivity index (χ1) is 14.0. The van der Waals surface area contributed by atoms with Gasteiger partial charge in [-0.05, 0) is 42.3 Å². The Kier molecular flexibility index (Phi) is 3.92. The molecule has 0 bridgehead atoms. The predicted octanol–water partition coefficient (Wildman–Crippen LogP) is 1.86. The summed E-state index contributed by atoms with van der Waals surface area (Å²) in [5.74, 6) is -1.73. The summed E-state index contributed by atoms with van der Waals surface area (Å²) in [6, 6.07) is 11.3. The van der Waals surface area contributed by atoms with Crippen LogP contribution in [0.25, 0.3) is 0 Å². The molecule has 0 unspecified atom stereocenters. The van der Waals surface area contributed by atoms with Crippen LogP contribution in [-0.2, 0) is 20.7 Å². The number of rotatable bonds is 1. The van der Waals surface area contributed by atoms with E-state index in [1.807, 2.05) is 29.2 Å². The molecule has 1 N–H and O–H groups in total. The lowest BCUT2D eigenvalue weighted by Crippen LogP contribution is -2.74. The number of amides is 4. The number of urea groups is 1.